The van der Waals surface area contributed by atoms with Crippen molar-refractivity contribution < 1.29 is 0 Å². The van der Waals surface area contributed by atoms with Crippen LogP contribution in [-0.4, -0.2) is 10.2 Å². The third-order valence-corrected chi connectivity index (χ3v) is 2.43. The number of nitrogens with one attached hydrogen (secondary N) is 1. The van der Waals surface area contributed by atoms with Crippen molar-refractivity contribution in [3.05, 3.63) is 50.6 Å². The van der Waals surface area contributed by atoms with Gasteiger partial charge >= 0.3 is 4.87 Å². The molecule has 0 saturated carbocycles. The fraction of sp³-hybridized carbons (Fsp3) is 0.111. The van der Waals surface area contributed by atoms with Crippen LogP contribution in [0.3, 0.4) is 0 Å². The average Bonchev–Trinajstić information content (AvgIpc) is 2.53. The van der Waals surface area contributed by atoms with Gasteiger partial charge in [-0.05, 0) is 5.56 Å². The number of aromatic nitrogens is 2. The predicted octanol–water partition coefficient (Wildman–Crippen LogP) is 1.42. The minimum Gasteiger partial charge on any atom is -0.255 e. The van der Waals surface area contributed by atoms with Gasteiger partial charge in [0.05, 0.1) is 0 Å². The molecule has 0 saturated heterocycles. The molecule has 66 valence electrons. The molecule has 0 aliphatic rings. The van der Waals surface area contributed by atoms with E-state index in [1.54, 1.807) is 0 Å². The topological polar surface area (TPSA) is 45.8 Å². The van der Waals surface area contributed by atoms with Crippen molar-refractivity contribution in [3.8, 4) is 0 Å². The molecular formula is C9H8N2OS. The van der Waals surface area contributed by atoms with E-state index in [4.69, 9.17) is 0 Å². The molecule has 1 N–H and O–H groups in total. The molecule has 0 atom stereocenters. The maximum atomic E-state index is 10.8. The number of nitrogens with zero attached hydrogens (tertiary/aromatic N) is 1. The lowest BCUT2D eigenvalue weighted by molar-refractivity contribution is 0.985. The number of aromatic amines is 1. The molecule has 0 unspecified atom stereocenters. The summed E-state index contributed by atoms with van der Waals surface area (Å²) in [7, 11) is 0. The Bertz CT molecular complexity index is 432. The highest BCUT2D eigenvalue weighted by atomic mass is 32.1. The first-order chi connectivity index (χ1) is 6.34. The molecular weight excluding hydrogens is 184 g/mol. The summed E-state index contributed by atoms with van der Waals surface area (Å²) < 4.78 is 0. The van der Waals surface area contributed by atoms with Crippen molar-refractivity contribution in [2.45, 2.75) is 6.42 Å². The van der Waals surface area contributed by atoms with Crippen LogP contribution in [0.1, 0.15) is 10.6 Å². The monoisotopic (exact) mass is 192 g/mol. The predicted molar refractivity (Wildman–Crippen MR) is 52.0 cm³/mol. The van der Waals surface area contributed by atoms with Crippen LogP contribution in [0, 0.1) is 0 Å². The summed E-state index contributed by atoms with van der Waals surface area (Å²) in [6, 6.07) is 9.96. The van der Waals surface area contributed by atoms with Gasteiger partial charge in [0.15, 0.2) is 0 Å². The van der Waals surface area contributed by atoms with Gasteiger partial charge in [0, 0.05) is 6.42 Å². The van der Waals surface area contributed by atoms with E-state index < -0.39 is 0 Å². The SMILES string of the molecule is O=c1[nH]nc(Cc2ccccc2)s1. The molecule has 2 aromatic rings. The van der Waals surface area contributed by atoms with Crippen molar-refractivity contribution in [2.75, 3.05) is 0 Å². The first-order valence-corrected chi connectivity index (χ1v) is 4.74. The quantitative estimate of drug-likeness (QED) is 0.782. The summed E-state index contributed by atoms with van der Waals surface area (Å²) >= 11 is 1.16. The Balaban J connectivity index is 2.20. The van der Waals surface area contributed by atoms with Crippen LogP contribution in [0.4, 0.5) is 0 Å². The molecule has 1 heterocycles. The van der Waals surface area contributed by atoms with E-state index >= 15 is 0 Å². The molecule has 1 aromatic heterocycles. The molecule has 0 aliphatic heterocycles. The second-order valence-corrected chi connectivity index (χ2v) is 3.72. The van der Waals surface area contributed by atoms with Crippen molar-refractivity contribution in [2.24, 2.45) is 0 Å². The van der Waals surface area contributed by atoms with E-state index in [-0.39, 0.29) is 4.87 Å². The number of H-pyrrole nitrogens is 1. The van der Waals surface area contributed by atoms with Crippen LogP contribution in [0.25, 0.3) is 0 Å². The highest BCUT2D eigenvalue weighted by Gasteiger charge is 1.99. The zero-order chi connectivity index (χ0) is 9.10. The Morgan fingerprint density at radius 3 is 2.69 bits per heavy atom. The van der Waals surface area contributed by atoms with E-state index in [2.05, 4.69) is 10.2 Å². The lowest BCUT2D eigenvalue weighted by atomic mass is 10.2. The smallest absolute Gasteiger partial charge is 0.255 e. The van der Waals surface area contributed by atoms with E-state index in [9.17, 15) is 4.79 Å². The minimum absolute atomic E-state index is 0.0917. The molecule has 0 aliphatic carbocycles. The summed E-state index contributed by atoms with van der Waals surface area (Å²) in [6.07, 6.45) is 0.726. The van der Waals surface area contributed by atoms with Crippen LogP contribution in [0.5, 0.6) is 0 Å². The largest absolute Gasteiger partial charge is 0.322 e. The fourth-order valence-corrected chi connectivity index (χ4v) is 1.74. The Hall–Kier alpha value is -1.42. The maximum absolute atomic E-state index is 10.8. The zero-order valence-corrected chi connectivity index (χ0v) is 7.67. The van der Waals surface area contributed by atoms with Gasteiger partial charge in [0.25, 0.3) is 0 Å². The molecule has 4 heteroatoms. The second kappa shape index (κ2) is 3.53. The Labute approximate surface area is 79.1 Å². The molecule has 3 nitrogen and oxygen atoms in total. The normalized spacial score (nSPS) is 10.2. The zero-order valence-electron chi connectivity index (χ0n) is 6.86. The first kappa shape index (κ1) is 8.19. The van der Waals surface area contributed by atoms with E-state index in [0.29, 0.717) is 0 Å². The summed E-state index contributed by atoms with van der Waals surface area (Å²) in [6.45, 7) is 0. The summed E-state index contributed by atoms with van der Waals surface area (Å²) in [5, 5.41) is 7.12. The lowest BCUT2D eigenvalue weighted by Crippen LogP contribution is -1.90. The number of benzene rings is 1. The molecule has 1 aromatic carbocycles. The van der Waals surface area contributed by atoms with Crippen LogP contribution < -0.4 is 4.87 Å². The number of hydrogen-bond donors (Lipinski definition) is 1. The van der Waals surface area contributed by atoms with Gasteiger partial charge in [0.1, 0.15) is 5.01 Å². The molecule has 2 rings (SSSR count). The van der Waals surface area contributed by atoms with Crippen molar-refractivity contribution in [1.29, 1.82) is 0 Å². The third-order valence-electron chi connectivity index (χ3n) is 1.68. The van der Waals surface area contributed by atoms with Gasteiger partial charge in [-0.2, -0.15) is 5.10 Å². The molecule has 0 radical (unpaired) electrons. The van der Waals surface area contributed by atoms with Gasteiger partial charge < -0.3 is 0 Å². The highest BCUT2D eigenvalue weighted by Crippen LogP contribution is 2.07. The average molecular weight is 192 g/mol. The molecule has 0 spiro atoms. The number of hydrogen-bond acceptors (Lipinski definition) is 3. The minimum atomic E-state index is -0.0917. The van der Waals surface area contributed by atoms with Crippen LogP contribution in [-0.2, 0) is 6.42 Å². The highest BCUT2D eigenvalue weighted by molar-refractivity contribution is 7.08. The Kier molecular flexibility index (Phi) is 2.23. The van der Waals surface area contributed by atoms with Crippen LogP contribution in [0.2, 0.25) is 0 Å². The number of rotatable bonds is 2. The lowest BCUT2D eigenvalue weighted by Gasteiger charge is -1.94. The second-order valence-electron chi connectivity index (χ2n) is 2.67. The van der Waals surface area contributed by atoms with Gasteiger partial charge in [-0.15, -0.1) is 0 Å². The summed E-state index contributed by atoms with van der Waals surface area (Å²) in [5.41, 5.74) is 1.17. The molecule has 0 bridgehead atoms. The van der Waals surface area contributed by atoms with Gasteiger partial charge in [-0.25, -0.2) is 5.10 Å². The van der Waals surface area contributed by atoms with Crippen molar-refractivity contribution in [1.82, 2.24) is 10.2 Å². The van der Waals surface area contributed by atoms with Gasteiger partial charge in [-0.3, -0.25) is 4.79 Å². The maximum Gasteiger partial charge on any atom is 0.322 e. The van der Waals surface area contributed by atoms with Crippen LogP contribution >= 0.6 is 11.3 Å². The van der Waals surface area contributed by atoms with Gasteiger partial charge in [-0.1, -0.05) is 41.7 Å². The summed E-state index contributed by atoms with van der Waals surface area (Å²) in [4.78, 5) is 10.7. The molecule has 0 amide bonds. The molecule has 0 fully saturated rings. The standard InChI is InChI=1S/C9H8N2OS/c12-9-11-10-8(13-9)6-7-4-2-1-3-5-7/h1-5H,6H2,(H,11,12). The Morgan fingerprint density at radius 2 is 2.08 bits per heavy atom. The van der Waals surface area contributed by atoms with E-state index in [0.717, 1.165) is 22.8 Å². The third kappa shape index (κ3) is 2.03. The van der Waals surface area contributed by atoms with Crippen LogP contribution in [0.15, 0.2) is 35.1 Å². The summed E-state index contributed by atoms with van der Waals surface area (Å²) in [5.74, 6) is 0. The fourth-order valence-electron chi connectivity index (χ4n) is 1.11. The van der Waals surface area contributed by atoms with E-state index in [1.807, 2.05) is 30.3 Å². The Morgan fingerprint density at radius 1 is 1.31 bits per heavy atom. The van der Waals surface area contributed by atoms with E-state index in [1.165, 1.54) is 5.56 Å². The van der Waals surface area contributed by atoms with Crippen molar-refractivity contribution in [3.63, 3.8) is 0 Å². The van der Waals surface area contributed by atoms with Crippen molar-refractivity contribution >= 4 is 11.3 Å². The van der Waals surface area contributed by atoms with Gasteiger partial charge in [0.2, 0.25) is 0 Å². The first-order valence-electron chi connectivity index (χ1n) is 3.93. The molecule has 13 heavy (non-hydrogen) atoms.